The lowest BCUT2D eigenvalue weighted by Crippen LogP contribution is -2.45. The zero-order chi connectivity index (χ0) is 48.6. The number of unbranched alkanes of at least 4 members (excludes halogenated alkanes) is 5. The number of carbonyl (C=O) groups is 5. The van der Waals surface area contributed by atoms with Gasteiger partial charge in [0.15, 0.2) is 0 Å². The summed E-state index contributed by atoms with van der Waals surface area (Å²) in [6, 6.07) is 15.2. The molecule has 2 aliphatic rings. The summed E-state index contributed by atoms with van der Waals surface area (Å²) in [5, 5.41) is 26.6. The van der Waals surface area contributed by atoms with Crippen molar-refractivity contribution in [3.8, 4) is 22.5 Å². The molecule has 1 aromatic heterocycles. The van der Waals surface area contributed by atoms with E-state index in [2.05, 4.69) is 26.3 Å². The summed E-state index contributed by atoms with van der Waals surface area (Å²) in [5.74, 6) is -0.607. The van der Waals surface area contributed by atoms with Crippen molar-refractivity contribution in [1.82, 2.24) is 35.8 Å². The van der Waals surface area contributed by atoms with E-state index in [-0.39, 0.29) is 62.2 Å². The van der Waals surface area contributed by atoms with Crippen molar-refractivity contribution in [2.45, 2.75) is 135 Å². The van der Waals surface area contributed by atoms with Gasteiger partial charge in [-0.15, -0.1) is 5.10 Å². The van der Waals surface area contributed by atoms with E-state index in [4.69, 9.17) is 34.6 Å². The van der Waals surface area contributed by atoms with Crippen molar-refractivity contribution >= 4 is 60.0 Å². The van der Waals surface area contributed by atoms with Gasteiger partial charge in [-0.25, -0.2) is 4.68 Å². The predicted molar refractivity (Wildman–Crippen MR) is 258 cm³/mol. The minimum atomic E-state index is -1.99. The largest absolute Gasteiger partial charge is 0.394 e. The third kappa shape index (κ3) is 18.4. The first-order chi connectivity index (χ1) is 32.4. The maximum Gasteiger partial charge on any atom is 0.330 e. The number of aromatic nitrogens is 3. The van der Waals surface area contributed by atoms with E-state index in [1.54, 1.807) is 4.90 Å². The molecule has 18 nitrogen and oxygen atoms in total. The van der Waals surface area contributed by atoms with Gasteiger partial charge in [0.2, 0.25) is 30.0 Å². The number of aliphatic hydroxyl groups excluding tert-OH is 1. The van der Waals surface area contributed by atoms with Gasteiger partial charge in [0.25, 0.3) is 0 Å². The highest BCUT2D eigenvalue weighted by Gasteiger charge is 2.35. The fraction of sp³-hybridized carbons (Fsp3) is 0.587. The lowest BCUT2D eigenvalue weighted by Gasteiger charge is -2.25. The maximum atomic E-state index is 12.4. The number of nitrogens with one attached hydrogen (secondary N) is 3. The number of aliphatic hydroxyl groups is 1. The fourth-order valence-corrected chi connectivity index (χ4v) is 8.43. The topological polar surface area (TPSA) is 227 Å². The third-order valence-corrected chi connectivity index (χ3v) is 11.8. The minimum Gasteiger partial charge on any atom is -0.394 e. The molecular formula is C46H67B2N8O10P. The van der Waals surface area contributed by atoms with Crippen LogP contribution in [0.3, 0.4) is 0 Å². The second-order valence-electron chi connectivity index (χ2n) is 16.7. The molecule has 4 radical (unpaired) electrons. The number of nitrogens with zero attached hydrogens (tertiary/aromatic N) is 5. The average molecular weight is 945 g/mol. The summed E-state index contributed by atoms with van der Waals surface area (Å²) in [6.45, 7) is 8.02. The molecule has 5 amide bonds. The van der Waals surface area contributed by atoms with Crippen LogP contribution in [0.5, 0.6) is 0 Å². The van der Waals surface area contributed by atoms with Crippen molar-refractivity contribution in [2.75, 3.05) is 44.3 Å². The molecule has 3 heterocycles. The van der Waals surface area contributed by atoms with Crippen molar-refractivity contribution in [2.24, 2.45) is 0 Å². The molecular weight excluding hydrogens is 877 g/mol. The van der Waals surface area contributed by atoms with E-state index in [1.807, 2.05) is 74.0 Å². The Kier molecular flexibility index (Phi) is 24.5. The monoisotopic (exact) mass is 944 g/mol. The summed E-state index contributed by atoms with van der Waals surface area (Å²) in [4.78, 5) is 72.6. The number of fused-ring (bicyclic) bond motifs is 5. The van der Waals surface area contributed by atoms with Gasteiger partial charge in [0.1, 0.15) is 19.6 Å². The molecule has 2 aliphatic heterocycles. The molecule has 5 N–H and O–H groups in total. The number of hydrogen-bond donors (Lipinski definition) is 5. The van der Waals surface area contributed by atoms with Crippen LogP contribution in [0, 0.1) is 0 Å². The van der Waals surface area contributed by atoms with E-state index in [0.29, 0.717) is 51.9 Å². The molecule has 0 aliphatic carbocycles. The smallest absolute Gasteiger partial charge is 0.330 e. The summed E-state index contributed by atoms with van der Waals surface area (Å²) >= 11 is 0. The van der Waals surface area contributed by atoms with Crippen LogP contribution >= 0.6 is 8.60 Å². The number of benzene rings is 2. The van der Waals surface area contributed by atoms with E-state index < -0.39 is 26.8 Å². The lowest BCUT2D eigenvalue weighted by atomic mass is 9.96. The second kappa shape index (κ2) is 29.9. The number of anilines is 1. The highest BCUT2D eigenvalue weighted by Crippen LogP contribution is 2.41. The molecule has 4 unspecified atom stereocenters. The molecule has 0 saturated carbocycles. The molecule has 0 spiro atoms. The molecule has 5 rings (SSSR count). The van der Waals surface area contributed by atoms with Crippen molar-refractivity contribution in [1.29, 1.82) is 0 Å². The summed E-state index contributed by atoms with van der Waals surface area (Å²) < 4.78 is 17.8. The van der Waals surface area contributed by atoms with Crippen LogP contribution in [0.1, 0.15) is 97.0 Å². The molecule has 0 bridgehead atoms. The standard InChI is InChI=1S/C31H38BN7O4.C15H29BNO6P/c1-22(2)34-28(42)20-37(29(43)18-32)17-15-33-27(41)14-4-3-9-16-39-31-24-11-6-5-10-23(24)19-38(21-40)26-13-8-7-12-25(26)30(31)35-36-39;1-2-7-15(19)17-8-5-3-4-6-9-21-24(20)23-12-10-14(16)22-13(12)11-18/h5-8,10-13,21-22H,3-4,9,14-20H2,1-2H3,(H,33,41)(H,34,42);12-14,18,20H,2-11H2,1H3,(H,17,19). The Morgan fingerprint density at radius 1 is 0.955 bits per heavy atom. The number of amides is 5. The Hall–Kier alpha value is -4.71. The molecule has 4 atom stereocenters. The molecule has 1 saturated heterocycles. The van der Waals surface area contributed by atoms with Crippen LogP contribution in [-0.4, -0.2) is 139 Å². The number of hydrogen-bond acceptors (Lipinski definition) is 12. The van der Waals surface area contributed by atoms with Crippen molar-refractivity contribution < 1.29 is 47.8 Å². The number of rotatable bonds is 27. The maximum absolute atomic E-state index is 12.4. The first-order valence-electron chi connectivity index (χ1n) is 23.3. The fourth-order valence-electron chi connectivity index (χ4n) is 7.63. The highest BCUT2D eigenvalue weighted by atomic mass is 31.2. The van der Waals surface area contributed by atoms with Gasteiger partial charge in [-0.3, -0.25) is 24.0 Å². The SMILES string of the molecule is [B]C1CC(OP(O)OCCCCCCNC(=O)CCC)C(CO)O1.[B]CC(=O)N(CCNC(=O)CCCCCn1nnc2c1-c1ccccc1CN(C=O)c1ccccc1-2)CC(=O)NC(C)C. The molecule has 362 valence electrons. The van der Waals surface area contributed by atoms with Crippen LogP contribution in [0.15, 0.2) is 48.5 Å². The Morgan fingerprint density at radius 3 is 2.39 bits per heavy atom. The Balaban J connectivity index is 0.000000346. The highest BCUT2D eigenvalue weighted by molar-refractivity contribution is 7.40. The zero-order valence-corrected chi connectivity index (χ0v) is 40.0. The summed E-state index contributed by atoms with van der Waals surface area (Å²) in [6.07, 6.45) is 7.96. The Labute approximate surface area is 398 Å². The van der Waals surface area contributed by atoms with Gasteiger partial charge >= 0.3 is 8.60 Å². The van der Waals surface area contributed by atoms with Crippen LogP contribution in [0.4, 0.5) is 5.69 Å². The van der Waals surface area contributed by atoms with Crippen LogP contribution in [0.25, 0.3) is 22.5 Å². The average Bonchev–Trinajstić information content (AvgIpc) is 3.89. The Morgan fingerprint density at radius 2 is 1.66 bits per heavy atom. The molecule has 3 aromatic rings. The number of ether oxygens (including phenoxy) is 1. The zero-order valence-electron chi connectivity index (χ0n) is 39.1. The van der Waals surface area contributed by atoms with Gasteiger partial charge in [0.05, 0.1) is 51.6 Å². The van der Waals surface area contributed by atoms with Crippen LogP contribution < -0.4 is 20.9 Å². The second-order valence-corrected chi connectivity index (χ2v) is 17.6. The van der Waals surface area contributed by atoms with Gasteiger partial charge in [-0.2, -0.15) is 0 Å². The first-order valence-corrected chi connectivity index (χ1v) is 24.5. The first kappa shape index (κ1) is 54.9. The molecule has 1 fully saturated rings. The van der Waals surface area contributed by atoms with Gasteiger partial charge in [-0.1, -0.05) is 73.9 Å². The molecule has 2 aromatic carbocycles. The van der Waals surface area contributed by atoms with Crippen molar-refractivity contribution in [3.05, 3.63) is 54.1 Å². The van der Waals surface area contributed by atoms with Crippen molar-refractivity contribution in [3.63, 3.8) is 0 Å². The van der Waals surface area contributed by atoms with E-state index in [1.165, 1.54) is 4.90 Å². The lowest BCUT2D eigenvalue weighted by molar-refractivity contribution is -0.134. The summed E-state index contributed by atoms with van der Waals surface area (Å²) in [5.41, 5.74) is 5.31. The minimum absolute atomic E-state index is 0.0343. The van der Waals surface area contributed by atoms with Gasteiger partial charge < -0.3 is 49.5 Å². The van der Waals surface area contributed by atoms with Crippen LogP contribution in [0.2, 0.25) is 6.32 Å². The molecule has 67 heavy (non-hydrogen) atoms. The van der Waals surface area contributed by atoms with E-state index in [0.717, 1.165) is 85.1 Å². The van der Waals surface area contributed by atoms with E-state index >= 15 is 0 Å². The van der Waals surface area contributed by atoms with Gasteiger partial charge in [0, 0.05) is 62.2 Å². The molecule has 21 heteroatoms. The van der Waals surface area contributed by atoms with Crippen LogP contribution in [-0.2, 0) is 50.8 Å². The van der Waals surface area contributed by atoms with Gasteiger partial charge in [-0.05, 0) is 70.3 Å². The third-order valence-electron chi connectivity index (χ3n) is 10.9. The number of aryl methyl sites for hydroxylation is 1. The quantitative estimate of drug-likeness (QED) is 0.0316. The number of para-hydroxylation sites is 1. The normalized spacial score (nSPS) is 16.6. The van der Waals surface area contributed by atoms with E-state index in [9.17, 15) is 28.9 Å². The predicted octanol–water partition coefficient (Wildman–Crippen LogP) is 4.07. The Bertz CT molecular complexity index is 2010. The summed E-state index contributed by atoms with van der Waals surface area (Å²) in [7, 11) is 9.12. The number of carbonyl (C=O) groups excluding carboxylic acids is 5.